The highest BCUT2D eigenvalue weighted by Crippen LogP contribution is 2.39. The fourth-order valence-electron chi connectivity index (χ4n) is 4.07. The maximum atomic E-state index is 13.1. The average molecular weight is 454 g/mol. The Labute approximate surface area is 187 Å². The van der Waals surface area contributed by atoms with Crippen LogP contribution in [0.3, 0.4) is 0 Å². The van der Waals surface area contributed by atoms with Crippen molar-refractivity contribution in [2.24, 2.45) is 0 Å². The Morgan fingerprint density at radius 3 is 2.52 bits per heavy atom. The second-order valence-electron chi connectivity index (χ2n) is 7.28. The van der Waals surface area contributed by atoms with E-state index in [1.807, 2.05) is 11.4 Å². The number of nitrogens with zero attached hydrogens (tertiary/aromatic N) is 3. The van der Waals surface area contributed by atoms with Crippen LogP contribution in [-0.2, 0) is 16.0 Å². The summed E-state index contributed by atoms with van der Waals surface area (Å²) in [6.07, 6.45) is 0.848. The number of rotatable bonds is 5. The number of urea groups is 1. The largest absolute Gasteiger partial charge is 0.497 e. The number of amides is 4. The zero-order valence-corrected chi connectivity index (χ0v) is 18.3. The number of carbonyl (C=O) groups is 3. The standard InChI is InChI=1S/C22H19N3O4S2/c1-29-15-6-4-14(5-7-15)25-21(27)20(26)24(22(25)28)13-23-10-8-17-16(9-12-31-17)19(23)18-3-2-11-30-18/h2-7,9,11-12,19H,8,10,13H2,1H3. The molecule has 2 aliphatic rings. The van der Waals surface area contributed by atoms with Gasteiger partial charge in [-0.2, -0.15) is 0 Å². The molecule has 0 N–H and O–H groups in total. The van der Waals surface area contributed by atoms with Crippen molar-refractivity contribution in [3.05, 3.63) is 68.5 Å². The number of imide groups is 2. The number of ether oxygens (including phenoxy) is 1. The van der Waals surface area contributed by atoms with Gasteiger partial charge in [0.25, 0.3) is 0 Å². The molecule has 0 saturated carbocycles. The lowest BCUT2D eigenvalue weighted by molar-refractivity contribution is -0.140. The Balaban J connectivity index is 1.43. The predicted molar refractivity (Wildman–Crippen MR) is 118 cm³/mol. The number of anilines is 1. The van der Waals surface area contributed by atoms with Crippen LogP contribution >= 0.6 is 22.7 Å². The first-order chi connectivity index (χ1) is 15.1. The molecular formula is C22H19N3O4S2. The fraction of sp³-hybridized carbons (Fsp3) is 0.227. The van der Waals surface area contributed by atoms with E-state index in [0.717, 1.165) is 21.1 Å². The van der Waals surface area contributed by atoms with Crippen LogP contribution in [0.2, 0.25) is 0 Å². The first kappa shape index (κ1) is 19.9. The van der Waals surface area contributed by atoms with Crippen molar-refractivity contribution in [1.29, 1.82) is 0 Å². The van der Waals surface area contributed by atoms with Crippen LogP contribution in [0.15, 0.2) is 53.2 Å². The van der Waals surface area contributed by atoms with Gasteiger partial charge in [0.1, 0.15) is 5.75 Å². The van der Waals surface area contributed by atoms with Crippen LogP contribution in [0.4, 0.5) is 10.5 Å². The molecule has 2 aliphatic heterocycles. The molecule has 4 amide bonds. The van der Waals surface area contributed by atoms with Crippen molar-refractivity contribution in [3.8, 4) is 5.75 Å². The summed E-state index contributed by atoms with van der Waals surface area (Å²) < 4.78 is 5.13. The van der Waals surface area contributed by atoms with Crippen LogP contribution in [0, 0.1) is 0 Å². The minimum atomic E-state index is -0.837. The normalized spacial score (nSPS) is 19.3. The van der Waals surface area contributed by atoms with E-state index in [-0.39, 0.29) is 12.7 Å². The highest BCUT2D eigenvalue weighted by Gasteiger charge is 2.47. The minimum Gasteiger partial charge on any atom is -0.497 e. The van der Waals surface area contributed by atoms with E-state index in [9.17, 15) is 14.4 Å². The maximum Gasteiger partial charge on any atom is 0.340 e. The molecule has 1 atom stereocenters. The quantitative estimate of drug-likeness (QED) is 0.435. The monoisotopic (exact) mass is 453 g/mol. The van der Waals surface area contributed by atoms with Crippen LogP contribution in [0.5, 0.6) is 5.75 Å². The zero-order chi connectivity index (χ0) is 21.5. The molecule has 158 valence electrons. The van der Waals surface area contributed by atoms with E-state index in [0.29, 0.717) is 18.0 Å². The lowest BCUT2D eigenvalue weighted by Gasteiger charge is -2.36. The molecular weight excluding hydrogens is 434 g/mol. The van der Waals surface area contributed by atoms with Gasteiger partial charge in [-0.1, -0.05) is 6.07 Å². The molecule has 0 spiro atoms. The average Bonchev–Trinajstić information content (AvgIpc) is 3.52. The van der Waals surface area contributed by atoms with Gasteiger partial charge in [0.05, 0.1) is 25.5 Å². The van der Waals surface area contributed by atoms with Gasteiger partial charge in [0, 0.05) is 16.3 Å². The van der Waals surface area contributed by atoms with E-state index in [4.69, 9.17) is 4.74 Å². The third-order valence-corrected chi connectivity index (χ3v) is 7.51. The van der Waals surface area contributed by atoms with Gasteiger partial charge in [0.2, 0.25) is 0 Å². The Morgan fingerprint density at radius 2 is 1.81 bits per heavy atom. The number of hydrogen-bond donors (Lipinski definition) is 0. The minimum absolute atomic E-state index is 0.0410. The summed E-state index contributed by atoms with van der Waals surface area (Å²) in [5, 5.41) is 4.10. The molecule has 4 heterocycles. The molecule has 1 fully saturated rings. The first-order valence-corrected chi connectivity index (χ1v) is 11.5. The Kier molecular flexibility index (Phi) is 5.09. The van der Waals surface area contributed by atoms with Crippen molar-refractivity contribution in [2.75, 3.05) is 25.2 Å². The van der Waals surface area contributed by atoms with Gasteiger partial charge in [-0.3, -0.25) is 14.5 Å². The molecule has 3 aromatic rings. The Bertz CT molecular complexity index is 1140. The van der Waals surface area contributed by atoms with Gasteiger partial charge in [-0.25, -0.2) is 14.6 Å². The van der Waals surface area contributed by atoms with E-state index in [2.05, 4.69) is 22.4 Å². The van der Waals surface area contributed by atoms with E-state index in [1.165, 1.54) is 17.6 Å². The summed E-state index contributed by atoms with van der Waals surface area (Å²) in [7, 11) is 1.54. The van der Waals surface area contributed by atoms with Gasteiger partial charge < -0.3 is 4.74 Å². The lowest BCUT2D eigenvalue weighted by Crippen LogP contribution is -2.46. The van der Waals surface area contributed by atoms with Gasteiger partial charge in [-0.15, -0.1) is 22.7 Å². The maximum absolute atomic E-state index is 13.1. The summed E-state index contributed by atoms with van der Waals surface area (Å²) in [6.45, 7) is 0.762. The summed E-state index contributed by atoms with van der Waals surface area (Å²) in [5.74, 6) is -1.04. The number of thiophene rings is 2. The van der Waals surface area contributed by atoms with Crippen molar-refractivity contribution in [1.82, 2.24) is 9.80 Å². The molecule has 7 nitrogen and oxygen atoms in total. The summed E-state index contributed by atoms with van der Waals surface area (Å²) >= 11 is 3.38. The van der Waals surface area contributed by atoms with Crippen LogP contribution in [0.25, 0.3) is 0 Å². The summed E-state index contributed by atoms with van der Waals surface area (Å²) in [4.78, 5) is 45.1. The third kappa shape index (κ3) is 3.34. The number of methoxy groups -OCH3 is 1. The van der Waals surface area contributed by atoms with Gasteiger partial charge >= 0.3 is 17.8 Å². The van der Waals surface area contributed by atoms with Gasteiger partial charge in [0.15, 0.2) is 0 Å². The van der Waals surface area contributed by atoms with E-state index < -0.39 is 17.8 Å². The molecule has 1 saturated heterocycles. The Hall–Kier alpha value is -3.01. The molecule has 0 bridgehead atoms. The van der Waals surface area contributed by atoms with E-state index in [1.54, 1.807) is 46.9 Å². The number of hydrogen-bond acceptors (Lipinski definition) is 7. The highest BCUT2D eigenvalue weighted by molar-refractivity contribution is 7.10. The number of fused-ring (bicyclic) bond motifs is 1. The summed E-state index contributed by atoms with van der Waals surface area (Å²) in [6, 6.07) is 12.0. The lowest BCUT2D eigenvalue weighted by atomic mass is 9.99. The molecule has 0 aliphatic carbocycles. The molecule has 1 aromatic carbocycles. The smallest absolute Gasteiger partial charge is 0.340 e. The SMILES string of the molecule is COc1ccc(N2C(=O)C(=O)N(CN3CCc4sccc4C3c3cccs3)C2=O)cc1. The first-order valence-electron chi connectivity index (χ1n) is 9.76. The molecule has 31 heavy (non-hydrogen) atoms. The molecule has 1 unspecified atom stereocenters. The number of benzene rings is 1. The van der Waals surface area contributed by atoms with Crippen LogP contribution < -0.4 is 9.64 Å². The van der Waals surface area contributed by atoms with Crippen molar-refractivity contribution >= 4 is 46.2 Å². The summed E-state index contributed by atoms with van der Waals surface area (Å²) in [5.41, 5.74) is 1.55. The fourth-order valence-corrected chi connectivity index (χ4v) is 5.85. The van der Waals surface area contributed by atoms with Crippen molar-refractivity contribution in [3.63, 3.8) is 0 Å². The molecule has 2 aromatic heterocycles. The zero-order valence-electron chi connectivity index (χ0n) is 16.7. The second kappa shape index (κ2) is 7.92. The van der Waals surface area contributed by atoms with Crippen molar-refractivity contribution < 1.29 is 19.1 Å². The van der Waals surface area contributed by atoms with Gasteiger partial charge in [-0.05, 0) is 59.1 Å². The molecule has 0 radical (unpaired) electrons. The predicted octanol–water partition coefficient (Wildman–Crippen LogP) is 3.72. The van der Waals surface area contributed by atoms with Crippen molar-refractivity contribution in [2.45, 2.75) is 12.5 Å². The molecule has 9 heteroatoms. The van der Waals surface area contributed by atoms with Crippen LogP contribution in [0.1, 0.15) is 21.4 Å². The number of carbonyl (C=O) groups excluding carboxylic acids is 3. The molecule has 5 rings (SSSR count). The second-order valence-corrected chi connectivity index (χ2v) is 9.26. The topological polar surface area (TPSA) is 70.2 Å². The third-order valence-electron chi connectivity index (χ3n) is 5.59. The highest BCUT2D eigenvalue weighted by atomic mass is 32.1. The van der Waals surface area contributed by atoms with E-state index >= 15 is 0 Å². The Morgan fingerprint density at radius 1 is 1.00 bits per heavy atom. The van der Waals surface area contributed by atoms with Crippen LogP contribution in [-0.4, -0.2) is 48.0 Å².